The summed E-state index contributed by atoms with van der Waals surface area (Å²) in [6.07, 6.45) is 6.95. The van der Waals surface area contributed by atoms with E-state index >= 15 is 0 Å². The zero-order valence-corrected chi connectivity index (χ0v) is 15.6. The van der Waals surface area contributed by atoms with Crippen LogP contribution >= 0.6 is 0 Å². The van der Waals surface area contributed by atoms with Crippen molar-refractivity contribution in [1.29, 1.82) is 0 Å². The average Bonchev–Trinajstić information content (AvgIpc) is 2.54. The van der Waals surface area contributed by atoms with Gasteiger partial charge in [0.2, 0.25) is 15.9 Å². The maximum Gasteiger partial charge on any atom is 0.230 e. The van der Waals surface area contributed by atoms with Gasteiger partial charge in [-0.1, -0.05) is 38.3 Å². The zero-order chi connectivity index (χ0) is 17.8. The highest BCUT2D eigenvalue weighted by atomic mass is 32.2. The minimum atomic E-state index is -3.30. The van der Waals surface area contributed by atoms with Crippen LogP contribution in [0.25, 0.3) is 0 Å². The molecule has 0 unspecified atom stereocenters. The van der Waals surface area contributed by atoms with Gasteiger partial charge in [-0.05, 0) is 43.9 Å². The molecule has 1 aliphatic carbocycles. The number of carbonyl (C=O) groups is 1. The molecule has 0 heterocycles. The molecule has 0 aromatic heterocycles. The summed E-state index contributed by atoms with van der Waals surface area (Å²) in [4.78, 5) is 13.0. The molecule has 1 saturated carbocycles. The quantitative estimate of drug-likeness (QED) is 0.826. The van der Waals surface area contributed by atoms with E-state index in [2.05, 4.69) is 17.0 Å². The number of rotatable bonds is 6. The van der Waals surface area contributed by atoms with Crippen molar-refractivity contribution in [2.24, 2.45) is 0 Å². The molecule has 1 amide bonds. The highest BCUT2D eigenvalue weighted by Crippen LogP contribution is 2.40. The first-order chi connectivity index (χ1) is 11.3. The van der Waals surface area contributed by atoms with Crippen LogP contribution in [-0.2, 0) is 20.2 Å². The maximum absolute atomic E-state index is 13.0. The Labute approximate surface area is 145 Å². The summed E-state index contributed by atoms with van der Waals surface area (Å²) in [6.45, 7) is 4.08. The van der Waals surface area contributed by atoms with Crippen LogP contribution in [0.2, 0.25) is 0 Å². The Hall–Kier alpha value is -1.56. The second kappa shape index (κ2) is 7.55. The van der Waals surface area contributed by atoms with Gasteiger partial charge in [-0.15, -0.1) is 0 Å². The van der Waals surface area contributed by atoms with E-state index in [1.54, 1.807) is 12.1 Å². The zero-order valence-electron chi connectivity index (χ0n) is 14.8. The first-order valence-electron chi connectivity index (χ1n) is 8.66. The molecule has 2 N–H and O–H groups in total. The first-order valence-corrected chi connectivity index (χ1v) is 10.6. The van der Waals surface area contributed by atoms with Crippen LogP contribution in [-0.4, -0.2) is 26.6 Å². The molecule has 1 aromatic rings. The normalized spacial score (nSPS) is 18.6. The van der Waals surface area contributed by atoms with Gasteiger partial charge >= 0.3 is 0 Å². The van der Waals surface area contributed by atoms with Gasteiger partial charge in [-0.25, -0.2) is 8.42 Å². The standard InChI is InChI=1S/C18H28N2O3S/c1-4-14(2)19-17(21)18(12-6-5-7-13-18)15-8-10-16(11-9-15)20-24(3,22)23/h8-11,14,20H,4-7,12-13H2,1-3H3,(H,19,21)/t14-/m1/s1. The molecule has 0 spiro atoms. The van der Waals surface area contributed by atoms with Crippen molar-refractivity contribution >= 4 is 21.6 Å². The van der Waals surface area contributed by atoms with Crippen molar-refractivity contribution in [2.75, 3.05) is 11.0 Å². The van der Waals surface area contributed by atoms with Crippen LogP contribution in [0.3, 0.4) is 0 Å². The predicted octanol–water partition coefficient (Wildman–Crippen LogP) is 3.17. The van der Waals surface area contributed by atoms with Gasteiger partial charge < -0.3 is 5.32 Å². The molecule has 2 rings (SSSR count). The molecule has 1 aromatic carbocycles. The number of amides is 1. The van der Waals surface area contributed by atoms with Crippen molar-refractivity contribution in [3.63, 3.8) is 0 Å². The van der Waals surface area contributed by atoms with E-state index in [0.717, 1.165) is 50.3 Å². The lowest BCUT2D eigenvalue weighted by molar-refractivity contribution is -0.128. The van der Waals surface area contributed by atoms with Gasteiger partial charge in [0.25, 0.3) is 0 Å². The Morgan fingerprint density at radius 1 is 1.17 bits per heavy atom. The minimum absolute atomic E-state index is 0.0976. The fourth-order valence-corrected chi connectivity index (χ4v) is 3.90. The molecule has 1 atom stereocenters. The molecule has 24 heavy (non-hydrogen) atoms. The van der Waals surface area contributed by atoms with Crippen LogP contribution in [0.15, 0.2) is 24.3 Å². The van der Waals surface area contributed by atoms with E-state index in [0.29, 0.717) is 5.69 Å². The molecular weight excluding hydrogens is 324 g/mol. The summed E-state index contributed by atoms with van der Waals surface area (Å²) < 4.78 is 25.1. The maximum atomic E-state index is 13.0. The summed E-state index contributed by atoms with van der Waals surface area (Å²) >= 11 is 0. The minimum Gasteiger partial charge on any atom is -0.353 e. The summed E-state index contributed by atoms with van der Waals surface area (Å²) in [5, 5.41) is 3.14. The van der Waals surface area contributed by atoms with E-state index < -0.39 is 15.4 Å². The fourth-order valence-electron chi connectivity index (χ4n) is 3.34. The Balaban J connectivity index is 2.29. The lowest BCUT2D eigenvalue weighted by atomic mass is 9.68. The smallest absolute Gasteiger partial charge is 0.230 e. The molecule has 0 aliphatic heterocycles. The molecule has 5 nitrogen and oxygen atoms in total. The second-order valence-electron chi connectivity index (χ2n) is 6.88. The Morgan fingerprint density at radius 3 is 2.25 bits per heavy atom. The lowest BCUT2D eigenvalue weighted by Gasteiger charge is -2.37. The molecule has 1 aliphatic rings. The monoisotopic (exact) mass is 352 g/mol. The molecule has 0 bridgehead atoms. The highest BCUT2D eigenvalue weighted by molar-refractivity contribution is 7.92. The molecule has 6 heteroatoms. The summed E-state index contributed by atoms with van der Waals surface area (Å²) in [5.41, 5.74) is 1.00. The molecule has 0 radical (unpaired) electrons. The number of nitrogens with one attached hydrogen (secondary N) is 2. The highest BCUT2D eigenvalue weighted by Gasteiger charge is 2.41. The number of sulfonamides is 1. The van der Waals surface area contributed by atoms with E-state index in [1.807, 2.05) is 19.1 Å². The van der Waals surface area contributed by atoms with Crippen molar-refractivity contribution < 1.29 is 13.2 Å². The number of benzene rings is 1. The third-order valence-corrected chi connectivity index (χ3v) is 5.48. The van der Waals surface area contributed by atoms with E-state index in [-0.39, 0.29) is 11.9 Å². The SMILES string of the molecule is CC[C@@H](C)NC(=O)C1(c2ccc(NS(C)(=O)=O)cc2)CCCCC1. The predicted molar refractivity (Wildman–Crippen MR) is 97.6 cm³/mol. The average molecular weight is 353 g/mol. The van der Waals surface area contributed by atoms with Crippen LogP contribution in [0.4, 0.5) is 5.69 Å². The van der Waals surface area contributed by atoms with Gasteiger partial charge in [0.05, 0.1) is 11.7 Å². The van der Waals surface area contributed by atoms with Crippen LogP contribution < -0.4 is 10.0 Å². The van der Waals surface area contributed by atoms with E-state index in [1.165, 1.54) is 0 Å². The topological polar surface area (TPSA) is 75.3 Å². The molecule has 0 saturated heterocycles. The number of carbonyl (C=O) groups excluding carboxylic acids is 1. The third-order valence-electron chi connectivity index (χ3n) is 4.87. The summed E-state index contributed by atoms with van der Waals surface area (Å²) in [7, 11) is -3.30. The molecular formula is C18H28N2O3S. The molecule has 134 valence electrons. The number of hydrogen-bond acceptors (Lipinski definition) is 3. The third kappa shape index (κ3) is 4.50. The summed E-state index contributed by atoms with van der Waals surface area (Å²) in [6, 6.07) is 7.40. The van der Waals surface area contributed by atoms with Gasteiger partial charge in [0, 0.05) is 11.7 Å². The Bertz CT molecular complexity index is 662. The fraction of sp³-hybridized carbons (Fsp3) is 0.611. The van der Waals surface area contributed by atoms with Gasteiger partial charge in [0.1, 0.15) is 0 Å². The van der Waals surface area contributed by atoms with Crippen LogP contribution in [0.5, 0.6) is 0 Å². The Kier molecular flexibility index (Phi) is 5.91. The van der Waals surface area contributed by atoms with Gasteiger partial charge in [-0.3, -0.25) is 9.52 Å². The van der Waals surface area contributed by atoms with Gasteiger partial charge in [-0.2, -0.15) is 0 Å². The van der Waals surface area contributed by atoms with Crippen LogP contribution in [0, 0.1) is 0 Å². The second-order valence-corrected chi connectivity index (χ2v) is 8.63. The first kappa shape index (κ1) is 18.8. The summed E-state index contributed by atoms with van der Waals surface area (Å²) in [5.74, 6) is 0.0976. The molecule has 1 fully saturated rings. The van der Waals surface area contributed by atoms with Crippen molar-refractivity contribution in [3.8, 4) is 0 Å². The lowest BCUT2D eigenvalue weighted by Crippen LogP contribution is -2.48. The van der Waals surface area contributed by atoms with Gasteiger partial charge in [0.15, 0.2) is 0 Å². The number of hydrogen-bond donors (Lipinski definition) is 2. The Morgan fingerprint density at radius 2 is 1.75 bits per heavy atom. The number of anilines is 1. The van der Waals surface area contributed by atoms with Crippen molar-refractivity contribution in [1.82, 2.24) is 5.32 Å². The van der Waals surface area contributed by atoms with E-state index in [4.69, 9.17) is 0 Å². The van der Waals surface area contributed by atoms with Crippen molar-refractivity contribution in [2.45, 2.75) is 63.8 Å². The largest absolute Gasteiger partial charge is 0.353 e. The van der Waals surface area contributed by atoms with Crippen molar-refractivity contribution in [3.05, 3.63) is 29.8 Å². The van der Waals surface area contributed by atoms with E-state index in [9.17, 15) is 13.2 Å². The van der Waals surface area contributed by atoms with Crippen LogP contribution in [0.1, 0.15) is 57.9 Å².